The Morgan fingerprint density at radius 3 is 2.47 bits per heavy atom. The highest BCUT2D eigenvalue weighted by atomic mass is 16.5. The lowest BCUT2D eigenvalue weighted by atomic mass is 9.86. The summed E-state index contributed by atoms with van der Waals surface area (Å²) in [5.41, 5.74) is -0.351. The Bertz CT molecular complexity index is 187. The Labute approximate surface area is 92.8 Å². The van der Waals surface area contributed by atoms with Gasteiger partial charge in [-0.05, 0) is 12.8 Å². The number of hydrogen-bond acceptors (Lipinski definition) is 3. The monoisotopic (exact) mass is 216 g/mol. The molecular formula is C12H24O3. The summed E-state index contributed by atoms with van der Waals surface area (Å²) in [6.45, 7) is 8.08. The van der Waals surface area contributed by atoms with Gasteiger partial charge in [0.25, 0.3) is 0 Å². The second-order valence-electron chi connectivity index (χ2n) is 4.68. The second-order valence-corrected chi connectivity index (χ2v) is 4.68. The van der Waals surface area contributed by atoms with Crippen molar-refractivity contribution in [2.24, 2.45) is 5.41 Å². The van der Waals surface area contributed by atoms with E-state index >= 15 is 0 Å². The summed E-state index contributed by atoms with van der Waals surface area (Å²) >= 11 is 0. The van der Waals surface area contributed by atoms with Crippen LogP contribution in [-0.2, 0) is 9.53 Å². The number of carbonyl (C=O) groups excluding carboxylic acids is 1. The van der Waals surface area contributed by atoms with Crippen LogP contribution in [0.15, 0.2) is 0 Å². The Morgan fingerprint density at radius 1 is 1.40 bits per heavy atom. The van der Waals surface area contributed by atoms with Gasteiger partial charge in [0.1, 0.15) is 0 Å². The summed E-state index contributed by atoms with van der Waals surface area (Å²) in [6.07, 6.45) is 2.61. The molecule has 3 heteroatoms. The number of rotatable bonds is 7. The van der Waals surface area contributed by atoms with Gasteiger partial charge in [0.15, 0.2) is 0 Å². The van der Waals surface area contributed by atoms with Gasteiger partial charge in [-0.25, -0.2) is 0 Å². The first-order valence-electron chi connectivity index (χ1n) is 5.77. The zero-order valence-electron chi connectivity index (χ0n) is 10.4. The molecule has 1 atom stereocenters. The van der Waals surface area contributed by atoms with E-state index < -0.39 is 6.10 Å². The summed E-state index contributed by atoms with van der Waals surface area (Å²) in [4.78, 5) is 11.3. The van der Waals surface area contributed by atoms with Crippen LogP contribution < -0.4 is 0 Å². The van der Waals surface area contributed by atoms with Gasteiger partial charge < -0.3 is 9.84 Å². The largest absolute Gasteiger partial charge is 0.465 e. The molecule has 0 fully saturated rings. The fourth-order valence-corrected chi connectivity index (χ4v) is 1.31. The van der Waals surface area contributed by atoms with Gasteiger partial charge in [-0.2, -0.15) is 0 Å². The van der Waals surface area contributed by atoms with Crippen LogP contribution in [-0.4, -0.2) is 23.8 Å². The fraction of sp³-hybridized carbons (Fsp3) is 0.917. The molecule has 0 heterocycles. The van der Waals surface area contributed by atoms with Crippen molar-refractivity contribution in [2.45, 2.75) is 59.5 Å². The maximum atomic E-state index is 11.3. The van der Waals surface area contributed by atoms with E-state index in [1.165, 1.54) is 0 Å². The summed E-state index contributed by atoms with van der Waals surface area (Å²) in [5, 5.41) is 9.68. The van der Waals surface area contributed by atoms with E-state index in [0.717, 1.165) is 12.8 Å². The molecule has 0 aromatic rings. The molecule has 0 saturated heterocycles. The summed E-state index contributed by atoms with van der Waals surface area (Å²) < 4.78 is 5.13. The molecule has 0 aromatic carbocycles. The zero-order chi connectivity index (χ0) is 11.9. The highest BCUT2D eigenvalue weighted by Gasteiger charge is 2.27. The van der Waals surface area contributed by atoms with E-state index in [1.807, 2.05) is 27.7 Å². The van der Waals surface area contributed by atoms with Crippen molar-refractivity contribution in [1.82, 2.24) is 0 Å². The molecular weight excluding hydrogens is 192 g/mol. The number of unbranched alkanes of at least 4 members (excludes halogenated alkanes) is 1. The van der Waals surface area contributed by atoms with Crippen molar-refractivity contribution in [1.29, 1.82) is 0 Å². The maximum absolute atomic E-state index is 11.3. The zero-order valence-corrected chi connectivity index (χ0v) is 10.4. The molecule has 1 N–H and O–H groups in total. The molecule has 0 rings (SSSR count). The van der Waals surface area contributed by atoms with Crippen LogP contribution in [0.25, 0.3) is 0 Å². The minimum absolute atomic E-state index is 0.159. The van der Waals surface area contributed by atoms with Crippen molar-refractivity contribution >= 4 is 5.97 Å². The van der Waals surface area contributed by atoms with Gasteiger partial charge in [0, 0.05) is 11.8 Å². The fourth-order valence-electron chi connectivity index (χ4n) is 1.31. The van der Waals surface area contributed by atoms with Crippen molar-refractivity contribution in [3.05, 3.63) is 0 Å². The molecule has 1 unspecified atom stereocenters. The highest BCUT2D eigenvalue weighted by molar-refractivity contribution is 5.69. The van der Waals surface area contributed by atoms with Crippen LogP contribution in [0.3, 0.4) is 0 Å². The lowest BCUT2D eigenvalue weighted by molar-refractivity contribution is -0.149. The molecule has 15 heavy (non-hydrogen) atoms. The predicted molar refractivity (Wildman–Crippen MR) is 60.6 cm³/mol. The quantitative estimate of drug-likeness (QED) is 0.665. The van der Waals surface area contributed by atoms with Gasteiger partial charge >= 0.3 is 5.97 Å². The van der Waals surface area contributed by atoms with Gasteiger partial charge in [-0.15, -0.1) is 0 Å². The van der Waals surface area contributed by atoms with Crippen molar-refractivity contribution in [3.63, 3.8) is 0 Å². The van der Waals surface area contributed by atoms with Crippen LogP contribution in [0.5, 0.6) is 0 Å². The smallest absolute Gasteiger partial charge is 0.305 e. The minimum Gasteiger partial charge on any atom is -0.465 e. The van der Waals surface area contributed by atoms with Crippen molar-refractivity contribution in [3.8, 4) is 0 Å². The van der Waals surface area contributed by atoms with E-state index in [0.29, 0.717) is 19.4 Å². The molecule has 0 radical (unpaired) electrons. The Hall–Kier alpha value is -0.570. The third-order valence-electron chi connectivity index (χ3n) is 2.63. The Morgan fingerprint density at radius 2 is 2.00 bits per heavy atom. The molecule has 3 nitrogen and oxygen atoms in total. The normalized spacial score (nSPS) is 13.7. The number of hydrogen-bond donors (Lipinski definition) is 1. The van der Waals surface area contributed by atoms with Gasteiger partial charge in [0.2, 0.25) is 0 Å². The standard InChI is InChI=1S/C12H24O3/c1-5-7-8-11(14)15-9-12(3,4)10(13)6-2/h10,13H,5-9H2,1-4H3. The van der Waals surface area contributed by atoms with Crippen molar-refractivity contribution < 1.29 is 14.6 Å². The number of aliphatic hydroxyl groups excluding tert-OH is 1. The van der Waals surface area contributed by atoms with Crippen molar-refractivity contribution in [2.75, 3.05) is 6.61 Å². The van der Waals surface area contributed by atoms with Crippen LogP contribution in [0.2, 0.25) is 0 Å². The van der Waals surface area contributed by atoms with E-state index in [1.54, 1.807) is 0 Å². The van der Waals surface area contributed by atoms with Gasteiger partial charge in [-0.1, -0.05) is 34.1 Å². The molecule has 0 spiro atoms. The molecule has 0 amide bonds. The van der Waals surface area contributed by atoms with Gasteiger partial charge in [0.05, 0.1) is 12.7 Å². The molecule has 0 aliphatic carbocycles. The average Bonchev–Trinajstić information content (AvgIpc) is 2.22. The second kappa shape index (κ2) is 6.83. The molecule has 0 aliphatic rings. The van der Waals surface area contributed by atoms with E-state index in [9.17, 15) is 9.90 Å². The first-order chi connectivity index (χ1) is 6.94. The van der Waals surface area contributed by atoms with Gasteiger partial charge in [-0.3, -0.25) is 4.79 Å². The Kier molecular flexibility index (Phi) is 6.57. The number of carbonyl (C=O) groups is 1. The third-order valence-corrected chi connectivity index (χ3v) is 2.63. The Balaban J connectivity index is 3.87. The lowest BCUT2D eigenvalue weighted by Gasteiger charge is -2.29. The van der Waals surface area contributed by atoms with E-state index in [2.05, 4.69) is 0 Å². The third kappa shape index (κ3) is 5.78. The summed E-state index contributed by atoms with van der Waals surface area (Å²) in [6, 6.07) is 0. The molecule has 90 valence electrons. The highest BCUT2D eigenvalue weighted by Crippen LogP contribution is 2.23. The van der Waals surface area contributed by atoms with Crippen LogP contribution >= 0.6 is 0 Å². The topological polar surface area (TPSA) is 46.5 Å². The SMILES string of the molecule is CCCCC(=O)OCC(C)(C)C(O)CC. The van der Waals surface area contributed by atoms with Crippen LogP contribution in [0.4, 0.5) is 0 Å². The predicted octanol–water partition coefficient (Wildman–Crippen LogP) is 2.52. The number of aliphatic hydroxyl groups is 1. The lowest BCUT2D eigenvalue weighted by Crippen LogP contribution is -2.34. The number of ether oxygens (including phenoxy) is 1. The molecule has 0 aromatic heterocycles. The summed E-state index contributed by atoms with van der Waals surface area (Å²) in [7, 11) is 0. The van der Waals surface area contributed by atoms with Crippen LogP contribution in [0, 0.1) is 5.41 Å². The average molecular weight is 216 g/mol. The molecule has 0 saturated carbocycles. The van der Waals surface area contributed by atoms with Crippen LogP contribution in [0.1, 0.15) is 53.4 Å². The molecule has 0 aliphatic heterocycles. The molecule has 0 bridgehead atoms. The van der Waals surface area contributed by atoms with E-state index in [-0.39, 0.29) is 11.4 Å². The maximum Gasteiger partial charge on any atom is 0.305 e. The first kappa shape index (κ1) is 14.4. The number of esters is 1. The van der Waals surface area contributed by atoms with E-state index in [4.69, 9.17) is 4.74 Å². The first-order valence-corrected chi connectivity index (χ1v) is 5.77. The minimum atomic E-state index is -0.420. The summed E-state index contributed by atoms with van der Waals surface area (Å²) in [5.74, 6) is -0.159.